The molecule has 1 amide bonds. The van der Waals surface area contributed by atoms with Crippen LogP contribution in [-0.2, 0) is 16.9 Å². The molecule has 1 heterocycles. The van der Waals surface area contributed by atoms with Gasteiger partial charge in [0.25, 0.3) is 5.91 Å². The molecule has 1 saturated heterocycles. The van der Waals surface area contributed by atoms with Crippen LogP contribution in [-0.4, -0.2) is 15.9 Å². The number of nitrogens with zero attached hydrogens (tertiary/aromatic N) is 1. The Morgan fingerprint density at radius 3 is 2.07 bits per heavy atom. The van der Waals surface area contributed by atoms with Crippen LogP contribution in [0.2, 0.25) is 0 Å². The van der Waals surface area contributed by atoms with Crippen LogP contribution in [0, 0.1) is 6.92 Å². The second kappa shape index (κ2) is 7.47. The van der Waals surface area contributed by atoms with Gasteiger partial charge in [-0.1, -0.05) is 66.7 Å². The monoisotopic (exact) mass is 384 g/mol. The van der Waals surface area contributed by atoms with Gasteiger partial charge in [0.15, 0.2) is 5.54 Å². The van der Waals surface area contributed by atoms with Crippen molar-refractivity contribution in [3.05, 3.63) is 113 Å². The van der Waals surface area contributed by atoms with Crippen LogP contribution in [0.3, 0.4) is 0 Å². The number of carbonyl (C=O) groups is 1. The minimum atomic E-state index is -0.990. The molecule has 0 spiro atoms. The standard InChI is InChI=1S/C25H24N2O2/c1-3-23-26-25(20-10-6-4-7-11-20,21-12-8-5-9-13-21)24(29)27(23)17-19-14-18(2)15-22(28)16-19/h3-16,26,28H,17H2,1-2H3/b23-3+. The molecular formula is C25H24N2O2. The highest BCUT2D eigenvalue weighted by molar-refractivity contribution is 5.95. The molecule has 0 aliphatic carbocycles. The predicted octanol–water partition coefficient (Wildman–Crippen LogP) is 4.44. The van der Waals surface area contributed by atoms with Crippen LogP contribution in [0.25, 0.3) is 0 Å². The smallest absolute Gasteiger partial charge is 0.263 e. The normalized spacial score (nSPS) is 16.8. The molecule has 146 valence electrons. The fourth-order valence-corrected chi connectivity index (χ4v) is 4.06. The third-order valence-electron chi connectivity index (χ3n) is 5.32. The molecule has 0 bridgehead atoms. The van der Waals surface area contributed by atoms with Crippen molar-refractivity contribution in [3.63, 3.8) is 0 Å². The van der Waals surface area contributed by atoms with E-state index in [9.17, 15) is 9.90 Å². The Balaban J connectivity index is 1.83. The van der Waals surface area contributed by atoms with E-state index in [1.165, 1.54) is 0 Å². The van der Waals surface area contributed by atoms with E-state index >= 15 is 0 Å². The maximum absolute atomic E-state index is 13.9. The van der Waals surface area contributed by atoms with Crippen LogP contribution in [0.15, 0.2) is 90.8 Å². The molecule has 4 rings (SSSR count). The van der Waals surface area contributed by atoms with Gasteiger partial charge in [0, 0.05) is 0 Å². The summed E-state index contributed by atoms with van der Waals surface area (Å²) < 4.78 is 0. The Kier molecular flexibility index (Phi) is 4.85. The van der Waals surface area contributed by atoms with Crippen LogP contribution < -0.4 is 5.32 Å². The number of phenolic OH excluding ortho intramolecular Hbond substituents is 1. The van der Waals surface area contributed by atoms with E-state index in [1.54, 1.807) is 17.0 Å². The number of rotatable bonds is 4. The lowest BCUT2D eigenvalue weighted by Gasteiger charge is -2.28. The number of hydrogen-bond acceptors (Lipinski definition) is 3. The van der Waals surface area contributed by atoms with E-state index in [0.717, 1.165) is 28.1 Å². The van der Waals surface area contributed by atoms with E-state index in [0.29, 0.717) is 6.54 Å². The first-order valence-corrected chi connectivity index (χ1v) is 9.71. The van der Waals surface area contributed by atoms with E-state index in [-0.39, 0.29) is 11.7 Å². The molecule has 0 radical (unpaired) electrons. The number of phenols is 1. The number of benzene rings is 3. The number of allylic oxidation sites excluding steroid dienone is 1. The van der Waals surface area contributed by atoms with Gasteiger partial charge in [0.2, 0.25) is 0 Å². The maximum atomic E-state index is 13.9. The van der Waals surface area contributed by atoms with Crippen molar-refractivity contribution in [3.8, 4) is 5.75 Å². The van der Waals surface area contributed by atoms with Gasteiger partial charge in [0.05, 0.1) is 6.54 Å². The predicted molar refractivity (Wildman–Crippen MR) is 114 cm³/mol. The summed E-state index contributed by atoms with van der Waals surface area (Å²) in [5.74, 6) is 0.923. The fourth-order valence-electron chi connectivity index (χ4n) is 4.06. The molecule has 1 aliphatic rings. The van der Waals surface area contributed by atoms with Gasteiger partial charge in [-0.3, -0.25) is 9.69 Å². The quantitative estimate of drug-likeness (QED) is 0.699. The average molecular weight is 384 g/mol. The van der Waals surface area contributed by atoms with Crippen molar-refractivity contribution >= 4 is 5.91 Å². The molecule has 3 aromatic rings. The van der Waals surface area contributed by atoms with Gasteiger partial charge < -0.3 is 10.4 Å². The summed E-state index contributed by atoms with van der Waals surface area (Å²) in [6.07, 6.45) is 1.92. The number of nitrogens with one attached hydrogen (secondary N) is 1. The highest BCUT2D eigenvalue weighted by Gasteiger charge is 2.51. The Labute approximate surface area is 171 Å². The van der Waals surface area contributed by atoms with Crippen LogP contribution in [0.1, 0.15) is 29.2 Å². The number of hydrogen-bond donors (Lipinski definition) is 2. The molecular weight excluding hydrogens is 360 g/mol. The molecule has 0 aromatic heterocycles. The molecule has 29 heavy (non-hydrogen) atoms. The molecule has 4 nitrogen and oxygen atoms in total. The van der Waals surface area contributed by atoms with Gasteiger partial charge in [-0.05, 0) is 54.3 Å². The van der Waals surface area contributed by atoms with Crippen LogP contribution in [0.5, 0.6) is 5.75 Å². The molecule has 1 fully saturated rings. The fraction of sp³-hybridized carbons (Fsp3) is 0.160. The largest absolute Gasteiger partial charge is 0.508 e. The van der Waals surface area contributed by atoms with Crippen molar-refractivity contribution in [1.82, 2.24) is 10.2 Å². The number of aryl methyl sites for hydroxylation is 1. The first-order chi connectivity index (χ1) is 14.0. The second-order valence-electron chi connectivity index (χ2n) is 7.35. The van der Waals surface area contributed by atoms with E-state index in [2.05, 4.69) is 5.32 Å². The highest BCUT2D eigenvalue weighted by Crippen LogP contribution is 2.39. The van der Waals surface area contributed by atoms with Crippen molar-refractivity contribution in [2.45, 2.75) is 25.9 Å². The summed E-state index contributed by atoms with van der Waals surface area (Å²) in [5.41, 5.74) is 2.64. The van der Waals surface area contributed by atoms with Gasteiger partial charge in [0.1, 0.15) is 11.6 Å². The second-order valence-corrected chi connectivity index (χ2v) is 7.35. The van der Waals surface area contributed by atoms with Crippen molar-refractivity contribution in [1.29, 1.82) is 0 Å². The van der Waals surface area contributed by atoms with E-state index < -0.39 is 5.54 Å². The Morgan fingerprint density at radius 1 is 0.966 bits per heavy atom. The summed E-state index contributed by atoms with van der Waals surface area (Å²) in [7, 11) is 0. The number of aromatic hydroxyl groups is 1. The molecule has 0 saturated carbocycles. The van der Waals surface area contributed by atoms with Gasteiger partial charge in [-0.25, -0.2) is 0 Å². The topological polar surface area (TPSA) is 52.6 Å². The highest BCUT2D eigenvalue weighted by atomic mass is 16.3. The zero-order valence-electron chi connectivity index (χ0n) is 16.6. The zero-order valence-corrected chi connectivity index (χ0v) is 16.6. The minimum absolute atomic E-state index is 0.0380. The first-order valence-electron chi connectivity index (χ1n) is 9.71. The summed E-state index contributed by atoms with van der Waals surface area (Å²) >= 11 is 0. The van der Waals surface area contributed by atoms with Crippen LogP contribution in [0.4, 0.5) is 0 Å². The average Bonchev–Trinajstić information content (AvgIpc) is 3.01. The maximum Gasteiger partial charge on any atom is 0.263 e. The minimum Gasteiger partial charge on any atom is -0.508 e. The van der Waals surface area contributed by atoms with Crippen molar-refractivity contribution in [2.75, 3.05) is 0 Å². The summed E-state index contributed by atoms with van der Waals surface area (Å²) in [6.45, 7) is 4.23. The lowest BCUT2D eigenvalue weighted by Crippen LogP contribution is -2.44. The van der Waals surface area contributed by atoms with Crippen molar-refractivity contribution in [2.24, 2.45) is 0 Å². The van der Waals surface area contributed by atoms with Gasteiger partial charge >= 0.3 is 0 Å². The lowest BCUT2D eigenvalue weighted by atomic mass is 9.82. The van der Waals surface area contributed by atoms with E-state index in [4.69, 9.17) is 0 Å². The number of amides is 1. The molecule has 0 unspecified atom stereocenters. The number of carbonyl (C=O) groups excluding carboxylic acids is 1. The third-order valence-corrected chi connectivity index (χ3v) is 5.32. The van der Waals surface area contributed by atoms with E-state index in [1.807, 2.05) is 86.7 Å². The first kappa shape index (κ1) is 18.8. The zero-order chi connectivity index (χ0) is 20.4. The SMILES string of the molecule is C/C=C1\NC(c2ccccc2)(c2ccccc2)C(=O)N1Cc1cc(C)cc(O)c1. The molecule has 0 atom stereocenters. The molecule has 4 heteroatoms. The third kappa shape index (κ3) is 3.27. The van der Waals surface area contributed by atoms with Crippen LogP contribution >= 0.6 is 0 Å². The van der Waals surface area contributed by atoms with Gasteiger partial charge in [-0.15, -0.1) is 0 Å². The summed E-state index contributed by atoms with van der Waals surface area (Å²) in [6, 6.07) is 25.0. The lowest BCUT2D eigenvalue weighted by molar-refractivity contribution is -0.131. The van der Waals surface area contributed by atoms with Crippen molar-refractivity contribution < 1.29 is 9.90 Å². The molecule has 3 aromatic carbocycles. The molecule has 1 aliphatic heterocycles. The Morgan fingerprint density at radius 2 is 1.55 bits per heavy atom. The Bertz CT molecular complexity index is 999. The van der Waals surface area contributed by atoms with Gasteiger partial charge in [-0.2, -0.15) is 0 Å². The Hall–Kier alpha value is -3.53. The summed E-state index contributed by atoms with van der Waals surface area (Å²) in [5, 5.41) is 13.5. The molecule has 2 N–H and O–H groups in total. The summed E-state index contributed by atoms with van der Waals surface area (Å²) in [4.78, 5) is 15.7.